The van der Waals surface area contributed by atoms with Crippen LogP contribution in [-0.4, -0.2) is 34.6 Å². The number of hydrogen-bond donors (Lipinski definition) is 1. The van der Waals surface area contributed by atoms with Gasteiger partial charge in [-0.3, -0.25) is 9.52 Å². The van der Waals surface area contributed by atoms with E-state index < -0.39 is 31.9 Å². The zero-order chi connectivity index (χ0) is 21.4. The van der Waals surface area contributed by atoms with Crippen molar-refractivity contribution in [3.05, 3.63) is 48.5 Å². The van der Waals surface area contributed by atoms with Crippen molar-refractivity contribution in [2.24, 2.45) is 5.92 Å². The molecule has 1 N–H and O–H groups in total. The predicted octanol–water partition coefficient (Wildman–Crippen LogP) is 2.59. The fourth-order valence-corrected chi connectivity index (χ4v) is 5.81. The normalized spacial score (nSPS) is 18.8. The fraction of sp³-hybridized carbons (Fsp3) is 0.316. The molecule has 1 fully saturated rings. The zero-order valence-electron chi connectivity index (χ0n) is 16.2. The lowest BCUT2D eigenvalue weighted by Gasteiger charge is -2.16. The average molecular weight is 439 g/mol. The maximum atomic E-state index is 12.6. The van der Waals surface area contributed by atoms with Crippen LogP contribution in [0, 0.1) is 5.92 Å². The Hall–Kier alpha value is -2.59. The van der Waals surface area contributed by atoms with Crippen molar-refractivity contribution in [2.75, 3.05) is 14.8 Å². The topological polar surface area (TPSA) is 110 Å². The summed E-state index contributed by atoms with van der Waals surface area (Å²) < 4.78 is 58.2. The lowest BCUT2D eigenvalue weighted by molar-refractivity contribution is -0.119. The number of amides is 1. The van der Waals surface area contributed by atoms with Crippen LogP contribution in [0.1, 0.15) is 20.8 Å². The minimum absolute atomic E-state index is 0.00495. The van der Waals surface area contributed by atoms with E-state index in [1.807, 2.05) is 13.8 Å². The number of hydrogen-bond acceptors (Lipinski definition) is 6. The number of carbonyl (C=O) groups excluding carboxylic acids is 1. The van der Waals surface area contributed by atoms with Crippen molar-refractivity contribution in [3.8, 4) is 5.75 Å². The number of nitrogens with one attached hydrogen (secondary N) is 1. The van der Waals surface area contributed by atoms with Crippen molar-refractivity contribution in [3.63, 3.8) is 0 Å². The molecular weight excluding hydrogens is 416 g/mol. The van der Waals surface area contributed by atoms with Crippen LogP contribution in [0.3, 0.4) is 0 Å². The Labute approximate surface area is 170 Å². The van der Waals surface area contributed by atoms with Gasteiger partial charge in [-0.15, -0.1) is 0 Å². The summed E-state index contributed by atoms with van der Waals surface area (Å²) >= 11 is 0. The molecule has 0 radical (unpaired) electrons. The van der Waals surface area contributed by atoms with Crippen LogP contribution >= 0.6 is 0 Å². The van der Waals surface area contributed by atoms with E-state index in [1.54, 1.807) is 31.2 Å². The van der Waals surface area contributed by atoms with Crippen molar-refractivity contribution in [1.82, 2.24) is 0 Å². The fourth-order valence-electron chi connectivity index (χ4n) is 2.94. The summed E-state index contributed by atoms with van der Waals surface area (Å²) in [6.45, 7) is 5.32. The first-order chi connectivity index (χ1) is 13.5. The first-order valence-electron chi connectivity index (χ1n) is 8.96. The van der Waals surface area contributed by atoms with Gasteiger partial charge < -0.3 is 4.74 Å². The van der Waals surface area contributed by atoms with Crippen LogP contribution in [0.4, 0.5) is 11.4 Å². The number of rotatable bonds is 6. The molecule has 1 atom stereocenters. The second-order valence-electron chi connectivity index (χ2n) is 7.07. The van der Waals surface area contributed by atoms with E-state index >= 15 is 0 Å². The first-order valence-corrected chi connectivity index (χ1v) is 12.1. The summed E-state index contributed by atoms with van der Waals surface area (Å²) in [7, 11) is -7.63. The molecule has 1 aliphatic heterocycles. The van der Waals surface area contributed by atoms with E-state index in [1.165, 1.54) is 24.3 Å². The Bertz CT molecular complexity index is 1110. The SMILES string of the molecule is CC(C)Oc1ccc(NS(=O)(=O)c2ccc(N3C(=O)[C@H](C)CS3(=O)=O)cc2)cc1. The molecule has 0 saturated carbocycles. The minimum Gasteiger partial charge on any atom is -0.491 e. The Balaban J connectivity index is 1.79. The number of carbonyl (C=O) groups is 1. The predicted molar refractivity (Wildman–Crippen MR) is 110 cm³/mol. The Morgan fingerprint density at radius 1 is 1.07 bits per heavy atom. The van der Waals surface area contributed by atoms with Crippen LogP contribution in [0.15, 0.2) is 53.4 Å². The number of benzene rings is 2. The standard InChI is InChI=1S/C19H22N2O6S2/c1-13(2)27-17-8-4-15(5-9-17)20-29(25,26)18-10-6-16(7-11-18)21-19(22)14(3)12-28(21,23)24/h4-11,13-14,20H,12H2,1-3H3/t14-/m1/s1. The lowest BCUT2D eigenvalue weighted by Crippen LogP contribution is -2.30. The first kappa shape index (κ1) is 21.1. The highest BCUT2D eigenvalue weighted by atomic mass is 32.2. The smallest absolute Gasteiger partial charge is 0.261 e. The number of anilines is 2. The zero-order valence-corrected chi connectivity index (χ0v) is 17.8. The van der Waals surface area contributed by atoms with Gasteiger partial charge in [0.1, 0.15) is 5.75 Å². The maximum Gasteiger partial charge on any atom is 0.261 e. The van der Waals surface area contributed by atoms with E-state index in [0.29, 0.717) is 11.4 Å². The van der Waals surface area contributed by atoms with Crippen LogP contribution in [-0.2, 0) is 24.8 Å². The molecule has 2 aromatic rings. The molecule has 1 aliphatic rings. The van der Waals surface area contributed by atoms with Gasteiger partial charge in [0.25, 0.3) is 10.0 Å². The summed E-state index contributed by atoms with van der Waals surface area (Å²) in [6.07, 6.45) is 0.00495. The molecule has 2 aromatic carbocycles. The van der Waals surface area contributed by atoms with E-state index in [4.69, 9.17) is 4.74 Å². The minimum atomic E-state index is -3.89. The number of ether oxygens (including phenoxy) is 1. The molecule has 1 amide bonds. The number of nitrogens with zero attached hydrogens (tertiary/aromatic N) is 1. The monoisotopic (exact) mass is 438 g/mol. The van der Waals surface area contributed by atoms with Gasteiger partial charge in [0.05, 0.1) is 28.4 Å². The second kappa shape index (κ2) is 7.68. The van der Waals surface area contributed by atoms with Crippen LogP contribution in [0.5, 0.6) is 5.75 Å². The van der Waals surface area contributed by atoms with Crippen LogP contribution in [0.2, 0.25) is 0 Å². The largest absolute Gasteiger partial charge is 0.491 e. The van der Waals surface area contributed by atoms with Gasteiger partial charge in [0.15, 0.2) is 0 Å². The lowest BCUT2D eigenvalue weighted by atomic mass is 10.2. The Kier molecular flexibility index (Phi) is 5.59. The molecule has 0 aromatic heterocycles. The van der Waals surface area contributed by atoms with Crippen molar-refractivity contribution < 1.29 is 26.4 Å². The highest BCUT2D eigenvalue weighted by molar-refractivity contribution is 7.94. The van der Waals surface area contributed by atoms with Gasteiger partial charge in [-0.05, 0) is 62.4 Å². The molecule has 8 nitrogen and oxygen atoms in total. The second-order valence-corrected chi connectivity index (χ2v) is 10.6. The molecule has 156 valence electrons. The third-order valence-corrected chi connectivity index (χ3v) is 7.49. The summed E-state index contributed by atoms with van der Waals surface area (Å²) in [5.74, 6) is -0.794. The number of sulfonamides is 2. The van der Waals surface area contributed by atoms with Gasteiger partial charge in [-0.1, -0.05) is 6.92 Å². The van der Waals surface area contributed by atoms with E-state index in [2.05, 4.69) is 4.72 Å². The van der Waals surface area contributed by atoms with Crippen LogP contribution in [0.25, 0.3) is 0 Å². The third-order valence-electron chi connectivity index (χ3n) is 4.22. The summed E-state index contributed by atoms with van der Waals surface area (Å²) in [5.41, 5.74) is 0.477. The summed E-state index contributed by atoms with van der Waals surface area (Å²) in [6, 6.07) is 11.6. The molecular formula is C19H22N2O6S2. The molecule has 0 unspecified atom stereocenters. The molecule has 0 bridgehead atoms. The molecule has 1 saturated heterocycles. The molecule has 0 aliphatic carbocycles. The van der Waals surface area contributed by atoms with E-state index in [0.717, 1.165) is 4.31 Å². The van der Waals surface area contributed by atoms with Crippen molar-refractivity contribution >= 4 is 37.3 Å². The Morgan fingerprint density at radius 3 is 2.14 bits per heavy atom. The maximum absolute atomic E-state index is 12.6. The molecule has 29 heavy (non-hydrogen) atoms. The van der Waals surface area contributed by atoms with Gasteiger partial charge in [0, 0.05) is 5.69 Å². The average Bonchev–Trinajstić information content (AvgIpc) is 2.83. The highest BCUT2D eigenvalue weighted by Gasteiger charge is 2.41. The van der Waals surface area contributed by atoms with Gasteiger partial charge in [-0.25, -0.2) is 21.1 Å². The molecule has 10 heteroatoms. The Morgan fingerprint density at radius 2 is 1.66 bits per heavy atom. The van der Waals surface area contributed by atoms with Gasteiger partial charge >= 0.3 is 0 Å². The summed E-state index contributed by atoms with van der Waals surface area (Å²) in [4.78, 5) is 12.1. The van der Waals surface area contributed by atoms with Gasteiger partial charge in [0.2, 0.25) is 15.9 Å². The molecule has 3 rings (SSSR count). The summed E-state index contributed by atoms with van der Waals surface area (Å²) in [5, 5.41) is 0. The van der Waals surface area contributed by atoms with E-state index in [9.17, 15) is 21.6 Å². The van der Waals surface area contributed by atoms with Crippen molar-refractivity contribution in [1.29, 1.82) is 0 Å². The molecule has 1 heterocycles. The van der Waals surface area contributed by atoms with Gasteiger partial charge in [-0.2, -0.15) is 0 Å². The van der Waals surface area contributed by atoms with Crippen LogP contribution < -0.4 is 13.8 Å². The third kappa shape index (κ3) is 4.54. The quantitative estimate of drug-likeness (QED) is 0.742. The van der Waals surface area contributed by atoms with E-state index in [-0.39, 0.29) is 22.4 Å². The molecule has 0 spiro atoms. The highest BCUT2D eigenvalue weighted by Crippen LogP contribution is 2.29. The van der Waals surface area contributed by atoms with Crippen molar-refractivity contribution in [2.45, 2.75) is 31.8 Å².